The summed E-state index contributed by atoms with van der Waals surface area (Å²) >= 11 is 2.29. The van der Waals surface area contributed by atoms with E-state index in [2.05, 4.69) is 41.5 Å². The van der Waals surface area contributed by atoms with E-state index in [0.717, 1.165) is 24.2 Å². The second-order valence-electron chi connectivity index (χ2n) is 3.77. The predicted molar refractivity (Wildman–Crippen MR) is 73.4 cm³/mol. The van der Waals surface area contributed by atoms with Crippen LogP contribution in [0.25, 0.3) is 0 Å². The molecule has 0 saturated heterocycles. The highest BCUT2D eigenvalue weighted by Gasteiger charge is 2.14. The van der Waals surface area contributed by atoms with Gasteiger partial charge in [0.05, 0.1) is 27.3 Å². The van der Waals surface area contributed by atoms with Gasteiger partial charge in [-0.05, 0) is 35.4 Å². The van der Waals surface area contributed by atoms with Crippen molar-refractivity contribution in [2.45, 2.75) is 33.2 Å². The molecule has 0 radical (unpaired) electrons. The normalized spacial score (nSPS) is 12.0. The predicted octanol–water partition coefficient (Wildman–Crippen LogP) is 1.66. The van der Waals surface area contributed by atoms with Crippen LogP contribution in [0.5, 0.6) is 0 Å². The van der Waals surface area contributed by atoms with Crippen LogP contribution in [0.4, 0.5) is 0 Å². The molecule has 1 aromatic heterocycles. The van der Waals surface area contributed by atoms with Crippen LogP contribution in [-0.2, 0) is 29.2 Å². The van der Waals surface area contributed by atoms with Crippen LogP contribution >= 0.6 is 22.6 Å². The molecule has 1 heterocycles. The number of rotatable bonds is 5. The van der Waals surface area contributed by atoms with Crippen LogP contribution in [0.2, 0.25) is 0 Å². The highest BCUT2D eigenvalue weighted by atomic mass is 127. The van der Waals surface area contributed by atoms with Crippen molar-refractivity contribution in [1.29, 1.82) is 0 Å². The summed E-state index contributed by atoms with van der Waals surface area (Å²) in [5.74, 6) is 0.154. The Morgan fingerprint density at radius 3 is 2.38 bits per heavy atom. The van der Waals surface area contributed by atoms with E-state index in [1.165, 1.54) is 9.83 Å². The summed E-state index contributed by atoms with van der Waals surface area (Å²) < 4.78 is 25.3. The topological polar surface area (TPSA) is 52.0 Å². The Morgan fingerprint density at radius 2 is 1.94 bits per heavy atom. The highest BCUT2D eigenvalue weighted by molar-refractivity contribution is 14.1. The molecule has 0 spiro atoms. The maximum Gasteiger partial charge on any atom is 0.149 e. The number of hydrogen-bond donors (Lipinski definition) is 0. The third-order valence-electron chi connectivity index (χ3n) is 2.40. The summed E-state index contributed by atoms with van der Waals surface area (Å²) in [6.45, 7) is 4.58. The largest absolute Gasteiger partial charge is 0.267 e. The molecule has 16 heavy (non-hydrogen) atoms. The van der Waals surface area contributed by atoms with E-state index in [1.54, 1.807) is 0 Å². The van der Waals surface area contributed by atoms with E-state index in [4.69, 9.17) is 0 Å². The number of hydrogen-bond acceptors (Lipinski definition) is 3. The minimum atomic E-state index is -2.92. The molecular weight excluding hydrogens is 339 g/mol. The Labute approximate surface area is 110 Å². The number of halogens is 1. The quantitative estimate of drug-likeness (QED) is 0.754. The molecule has 0 aliphatic rings. The summed E-state index contributed by atoms with van der Waals surface area (Å²) in [7, 11) is -2.92. The molecule has 0 bridgehead atoms. The molecule has 0 aliphatic heterocycles. The number of aromatic nitrogens is 2. The van der Waals surface area contributed by atoms with Crippen molar-refractivity contribution in [2.24, 2.45) is 0 Å². The third-order valence-corrected chi connectivity index (χ3v) is 4.57. The summed E-state index contributed by atoms with van der Waals surface area (Å²) in [4.78, 5) is 0. The van der Waals surface area contributed by atoms with Crippen molar-refractivity contribution in [3.63, 3.8) is 0 Å². The first kappa shape index (κ1) is 14.0. The van der Waals surface area contributed by atoms with Crippen LogP contribution in [0, 0.1) is 3.57 Å². The molecule has 0 aliphatic carbocycles. The van der Waals surface area contributed by atoms with Gasteiger partial charge < -0.3 is 0 Å². The van der Waals surface area contributed by atoms with Gasteiger partial charge in [0.25, 0.3) is 0 Å². The molecule has 4 nitrogen and oxygen atoms in total. The lowest BCUT2D eigenvalue weighted by Crippen LogP contribution is -2.14. The van der Waals surface area contributed by atoms with Crippen molar-refractivity contribution in [2.75, 3.05) is 12.0 Å². The fraction of sp³-hybridized carbons (Fsp3) is 0.700. The maximum atomic E-state index is 11.1. The average molecular weight is 356 g/mol. The van der Waals surface area contributed by atoms with Crippen LogP contribution in [0.15, 0.2) is 0 Å². The number of nitrogens with zero attached hydrogens (tertiary/aromatic N) is 2. The standard InChI is InChI=1S/C10H17IN2O2S/c1-4-8-10(11)9(5-2)13(12-8)6-7-16(3,14)15/h4-7H2,1-3H3. The van der Waals surface area contributed by atoms with Crippen LogP contribution in [0.1, 0.15) is 25.2 Å². The van der Waals surface area contributed by atoms with Gasteiger partial charge in [-0.15, -0.1) is 0 Å². The zero-order chi connectivity index (χ0) is 12.3. The molecular formula is C10H17IN2O2S. The van der Waals surface area contributed by atoms with E-state index in [-0.39, 0.29) is 5.75 Å². The first-order valence-electron chi connectivity index (χ1n) is 5.30. The molecule has 6 heteroatoms. The molecule has 0 aromatic carbocycles. The van der Waals surface area contributed by atoms with Crippen LogP contribution in [0.3, 0.4) is 0 Å². The van der Waals surface area contributed by atoms with E-state index < -0.39 is 9.84 Å². The lowest BCUT2D eigenvalue weighted by molar-refractivity contribution is 0.576. The van der Waals surface area contributed by atoms with Gasteiger partial charge in [0.15, 0.2) is 0 Å². The summed E-state index contributed by atoms with van der Waals surface area (Å²) in [6, 6.07) is 0. The first-order chi connectivity index (χ1) is 7.39. The fourth-order valence-corrected chi connectivity index (χ4v) is 3.18. The number of sulfone groups is 1. The molecule has 0 fully saturated rings. The lowest BCUT2D eigenvalue weighted by Gasteiger charge is -2.04. The Bertz CT molecular complexity index is 465. The average Bonchev–Trinajstić information content (AvgIpc) is 2.50. The van der Waals surface area contributed by atoms with E-state index in [0.29, 0.717) is 6.54 Å². The lowest BCUT2D eigenvalue weighted by atomic mass is 10.2. The Balaban J connectivity index is 2.95. The van der Waals surface area contributed by atoms with E-state index in [1.807, 2.05) is 4.68 Å². The minimum absolute atomic E-state index is 0.154. The first-order valence-corrected chi connectivity index (χ1v) is 8.44. The zero-order valence-electron chi connectivity index (χ0n) is 9.83. The molecule has 0 atom stereocenters. The van der Waals surface area contributed by atoms with Gasteiger partial charge in [0.1, 0.15) is 9.84 Å². The Kier molecular flexibility index (Phi) is 4.78. The summed E-state index contributed by atoms with van der Waals surface area (Å²) in [5, 5.41) is 4.45. The van der Waals surface area contributed by atoms with Gasteiger partial charge in [0, 0.05) is 6.26 Å². The second kappa shape index (κ2) is 5.48. The molecule has 0 N–H and O–H groups in total. The smallest absolute Gasteiger partial charge is 0.149 e. The van der Waals surface area contributed by atoms with Crippen molar-refractivity contribution in [3.05, 3.63) is 15.0 Å². The Morgan fingerprint density at radius 1 is 1.31 bits per heavy atom. The van der Waals surface area contributed by atoms with E-state index in [9.17, 15) is 8.42 Å². The molecule has 0 amide bonds. The monoisotopic (exact) mass is 356 g/mol. The molecule has 0 saturated carbocycles. The van der Waals surface area contributed by atoms with Crippen molar-refractivity contribution < 1.29 is 8.42 Å². The maximum absolute atomic E-state index is 11.1. The van der Waals surface area contributed by atoms with Gasteiger partial charge in [-0.3, -0.25) is 4.68 Å². The van der Waals surface area contributed by atoms with Crippen molar-refractivity contribution >= 4 is 32.4 Å². The Hall–Kier alpha value is -0.110. The van der Waals surface area contributed by atoms with E-state index >= 15 is 0 Å². The van der Waals surface area contributed by atoms with Gasteiger partial charge in [0.2, 0.25) is 0 Å². The zero-order valence-corrected chi connectivity index (χ0v) is 12.8. The molecule has 92 valence electrons. The SMILES string of the molecule is CCc1nn(CCS(C)(=O)=O)c(CC)c1I. The summed E-state index contributed by atoms with van der Waals surface area (Å²) in [5.41, 5.74) is 2.20. The molecule has 1 aromatic rings. The van der Waals surface area contributed by atoms with Gasteiger partial charge >= 0.3 is 0 Å². The highest BCUT2D eigenvalue weighted by Crippen LogP contribution is 2.18. The molecule has 1 rings (SSSR count). The van der Waals surface area contributed by atoms with Crippen LogP contribution in [-0.4, -0.2) is 30.2 Å². The minimum Gasteiger partial charge on any atom is -0.267 e. The second-order valence-corrected chi connectivity index (χ2v) is 7.11. The fourth-order valence-electron chi connectivity index (χ4n) is 1.53. The third kappa shape index (κ3) is 3.44. The van der Waals surface area contributed by atoms with Crippen molar-refractivity contribution in [3.8, 4) is 0 Å². The number of aryl methyl sites for hydroxylation is 2. The molecule has 0 unspecified atom stereocenters. The van der Waals surface area contributed by atoms with Crippen molar-refractivity contribution in [1.82, 2.24) is 9.78 Å². The van der Waals surface area contributed by atoms with Gasteiger partial charge in [-0.1, -0.05) is 13.8 Å². The van der Waals surface area contributed by atoms with Gasteiger partial charge in [-0.25, -0.2) is 8.42 Å². The summed E-state index contributed by atoms with van der Waals surface area (Å²) in [6.07, 6.45) is 3.03. The van der Waals surface area contributed by atoms with Gasteiger partial charge in [-0.2, -0.15) is 5.10 Å². The van der Waals surface area contributed by atoms with Crippen LogP contribution < -0.4 is 0 Å².